The van der Waals surface area contributed by atoms with Crippen molar-refractivity contribution < 1.29 is 33.5 Å². The third-order valence-corrected chi connectivity index (χ3v) is 6.17. The van der Waals surface area contributed by atoms with Crippen LogP contribution in [0.5, 0.6) is 0 Å². The topological polar surface area (TPSA) is 137 Å². The molecule has 11 nitrogen and oxygen atoms in total. The third-order valence-electron chi connectivity index (χ3n) is 4.98. The first kappa shape index (κ1) is 25.1. The minimum Gasteiger partial charge on any atom is -0.462 e. The van der Waals surface area contributed by atoms with E-state index in [2.05, 4.69) is 5.32 Å². The van der Waals surface area contributed by atoms with Crippen molar-refractivity contribution in [3.63, 3.8) is 0 Å². The van der Waals surface area contributed by atoms with Gasteiger partial charge in [0.15, 0.2) is 6.61 Å². The normalized spacial score (nSPS) is 13.3. The number of rotatable bonds is 9. The molecule has 2 aromatic rings. The molecule has 1 aliphatic rings. The van der Waals surface area contributed by atoms with Crippen LogP contribution in [-0.2, 0) is 25.4 Å². The van der Waals surface area contributed by atoms with Crippen LogP contribution in [0.1, 0.15) is 39.4 Å². The highest BCUT2D eigenvalue weighted by Crippen LogP contribution is 2.30. The highest BCUT2D eigenvalue weighted by atomic mass is 32.1. The van der Waals surface area contributed by atoms with Crippen molar-refractivity contribution in [3.8, 4) is 0 Å². The molecular formula is C22H25N3O8S. The fraction of sp³-hybridized carbons (Fsp3) is 0.409. The Morgan fingerprint density at radius 1 is 1.12 bits per heavy atom. The van der Waals surface area contributed by atoms with Gasteiger partial charge in [-0.15, -0.1) is 11.3 Å². The van der Waals surface area contributed by atoms with E-state index in [-0.39, 0.29) is 23.4 Å². The third kappa shape index (κ3) is 6.08. The maximum Gasteiger partial charge on any atom is 0.341 e. The first-order chi connectivity index (χ1) is 16.3. The zero-order valence-electron chi connectivity index (χ0n) is 18.8. The number of non-ortho nitro benzene ring substituents is 1. The summed E-state index contributed by atoms with van der Waals surface area (Å²) in [6.07, 6.45) is 0.666. The van der Waals surface area contributed by atoms with Gasteiger partial charge in [-0.1, -0.05) is 6.92 Å². The minimum atomic E-state index is -0.869. The summed E-state index contributed by atoms with van der Waals surface area (Å²) in [6, 6.07) is 5.59. The number of carbonyl (C=O) groups is 3. The number of morpholine rings is 1. The fourth-order valence-corrected chi connectivity index (χ4v) is 4.32. The molecule has 2 heterocycles. The van der Waals surface area contributed by atoms with Gasteiger partial charge in [-0.3, -0.25) is 14.9 Å². The van der Waals surface area contributed by atoms with Crippen LogP contribution in [0.4, 0.5) is 16.4 Å². The Hall–Kier alpha value is -3.51. The van der Waals surface area contributed by atoms with Crippen LogP contribution in [-0.4, -0.2) is 62.3 Å². The summed E-state index contributed by atoms with van der Waals surface area (Å²) in [4.78, 5) is 50.8. The van der Waals surface area contributed by atoms with Gasteiger partial charge < -0.3 is 24.4 Å². The first-order valence-electron chi connectivity index (χ1n) is 10.7. The number of nitro benzene ring substituents is 1. The highest BCUT2D eigenvalue weighted by Gasteiger charge is 2.24. The number of anilines is 2. The van der Waals surface area contributed by atoms with Gasteiger partial charge in [0.25, 0.3) is 11.6 Å². The second kappa shape index (κ2) is 11.6. The molecule has 1 aromatic carbocycles. The lowest BCUT2D eigenvalue weighted by Crippen LogP contribution is -2.37. The fourth-order valence-electron chi connectivity index (χ4n) is 3.32. The number of hydrogen-bond donors (Lipinski definition) is 1. The molecule has 1 amide bonds. The summed E-state index contributed by atoms with van der Waals surface area (Å²) in [7, 11) is 0. The van der Waals surface area contributed by atoms with Crippen molar-refractivity contribution in [2.45, 2.75) is 20.3 Å². The second-order valence-corrected chi connectivity index (χ2v) is 8.35. The molecule has 1 saturated heterocycles. The Bertz CT molecular complexity index is 1080. The molecule has 12 heteroatoms. The van der Waals surface area contributed by atoms with E-state index in [1.807, 2.05) is 11.8 Å². The molecule has 0 atom stereocenters. The summed E-state index contributed by atoms with van der Waals surface area (Å²) < 4.78 is 15.5. The molecule has 0 saturated carbocycles. The van der Waals surface area contributed by atoms with Crippen LogP contribution in [0.25, 0.3) is 0 Å². The van der Waals surface area contributed by atoms with E-state index in [0.717, 1.165) is 10.9 Å². The molecule has 0 bridgehead atoms. The molecule has 0 radical (unpaired) electrons. The molecule has 1 aromatic heterocycles. The average Bonchev–Trinajstić information content (AvgIpc) is 3.25. The standard InChI is InChI=1S/C22H25N3O8S/c1-3-15-12-17(22(28)32-4-2)20(34-15)23-19(26)13-33-21(27)16-11-14(25(29)30)5-6-18(16)24-7-9-31-10-8-24/h5-6,11-12H,3-4,7-10,13H2,1-2H3,(H,23,26). The Labute approximate surface area is 199 Å². The van der Waals surface area contributed by atoms with E-state index in [1.165, 1.54) is 23.5 Å². The number of nitrogens with zero attached hydrogens (tertiary/aromatic N) is 2. The van der Waals surface area contributed by atoms with E-state index in [0.29, 0.717) is 43.4 Å². The zero-order chi connectivity index (χ0) is 24.7. The van der Waals surface area contributed by atoms with Crippen LogP contribution >= 0.6 is 11.3 Å². The monoisotopic (exact) mass is 491 g/mol. The van der Waals surface area contributed by atoms with Crippen molar-refractivity contribution in [1.82, 2.24) is 0 Å². The number of benzene rings is 1. The Morgan fingerprint density at radius 3 is 2.47 bits per heavy atom. The van der Waals surface area contributed by atoms with Gasteiger partial charge in [-0.2, -0.15) is 0 Å². The maximum absolute atomic E-state index is 12.8. The molecule has 1 N–H and O–H groups in total. The van der Waals surface area contributed by atoms with Gasteiger partial charge >= 0.3 is 11.9 Å². The molecule has 0 spiro atoms. The smallest absolute Gasteiger partial charge is 0.341 e. The number of thiophene rings is 1. The quantitative estimate of drug-likeness (QED) is 0.319. The van der Waals surface area contributed by atoms with Crippen LogP contribution in [0.3, 0.4) is 0 Å². The number of aryl methyl sites for hydroxylation is 1. The number of amides is 1. The van der Waals surface area contributed by atoms with Crippen molar-refractivity contribution in [1.29, 1.82) is 0 Å². The molecule has 3 rings (SSSR count). The average molecular weight is 492 g/mol. The zero-order valence-corrected chi connectivity index (χ0v) is 19.6. The number of esters is 2. The number of nitrogens with one attached hydrogen (secondary N) is 1. The first-order valence-corrected chi connectivity index (χ1v) is 11.5. The van der Waals surface area contributed by atoms with Crippen molar-refractivity contribution in [2.75, 3.05) is 49.7 Å². The Kier molecular flexibility index (Phi) is 8.55. The van der Waals surface area contributed by atoms with E-state index < -0.39 is 29.4 Å². The van der Waals surface area contributed by atoms with Gasteiger partial charge in [0.2, 0.25) is 0 Å². The van der Waals surface area contributed by atoms with Crippen LogP contribution < -0.4 is 10.2 Å². The molecule has 34 heavy (non-hydrogen) atoms. The predicted octanol–water partition coefficient (Wildman–Crippen LogP) is 3.03. The lowest BCUT2D eigenvalue weighted by Gasteiger charge is -2.30. The highest BCUT2D eigenvalue weighted by molar-refractivity contribution is 7.16. The van der Waals surface area contributed by atoms with Crippen molar-refractivity contribution >= 4 is 45.6 Å². The van der Waals surface area contributed by atoms with Crippen molar-refractivity contribution in [2.24, 2.45) is 0 Å². The predicted molar refractivity (Wildman–Crippen MR) is 125 cm³/mol. The molecular weight excluding hydrogens is 466 g/mol. The maximum atomic E-state index is 12.8. The number of hydrogen-bond acceptors (Lipinski definition) is 10. The summed E-state index contributed by atoms with van der Waals surface area (Å²) in [5, 5.41) is 14.1. The largest absolute Gasteiger partial charge is 0.462 e. The number of carbonyl (C=O) groups excluding carboxylic acids is 3. The number of nitro groups is 1. The van der Waals surface area contributed by atoms with Crippen LogP contribution in [0.2, 0.25) is 0 Å². The van der Waals surface area contributed by atoms with Crippen LogP contribution in [0.15, 0.2) is 24.3 Å². The molecule has 1 aliphatic heterocycles. The summed E-state index contributed by atoms with van der Waals surface area (Å²) in [6.45, 7) is 5.08. The molecule has 0 aliphatic carbocycles. The summed E-state index contributed by atoms with van der Waals surface area (Å²) in [5.74, 6) is -2.08. The number of ether oxygens (including phenoxy) is 3. The van der Waals surface area contributed by atoms with E-state index in [9.17, 15) is 24.5 Å². The lowest BCUT2D eigenvalue weighted by molar-refractivity contribution is -0.384. The van der Waals surface area contributed by atoms with E-state index in [4.69, 9.17) is 14.2 Å². The van der Waals surface area contributed by atoms with Gasteiger partial charge in [-0.25, -0.2) is 9.59 Å². The SMILES string of the molecule is CCOC(=O)c1cc(CC)sc1NC(=O)COC(=O)c1cc([N+](=O)[O-])ccc1N1CCOCC1. The van der Waals surface area contributed by atoms with Gasteiger partial charge in [0, 0.05) is 30.1 Å². The van der Waals surface area contributed by atoms with Crippen molar-refractivity contribution in [3.05, 3.63) is 50.4 Å². The Balaban J connectivity index is 1.72. The summed E-state index contributed by atoms with van der Waals surface area (Å²) >= 11 is 1.23. The van der Waals surface area contributed by atoms with Crippen LogP contribution in [0, 0.1) is 10.1 Å². The molecule has 0 unspecified atom stereocenters. The van der Waals surface area contributed by atoms with Gasteiger partial charge in [0.05, 0.1) is 41.6 Å². The molecule has 182 valence electrons. The van der Waals surface area contributed by atoms with E-state index >= 15 is 0 Å². The minimum absolute atomic E-state index is 0.0134. The lowest BCUT2D eigenvalue weighted by atomic mass is 10.1. The van der Waals surface area contributed by atoms with Gasteiger partial charge in [-0.05, 0) is 25.5 Å². The Morgan fingerprint density at radius 2 is 1.82 bits per heavy atom. The second-order valence-electron chi connectivity index (χ2n) is 7.21. The molecule has 1 fully saturated rings. The van der Waals surface area contributed by atoms with Gasteiger partial charge in [0.1, 0.15) is 5.00 Å². The summed E-state index contributed by atoms with van der Waals surface area (Å²) in [5.41, 5.74) is 0.421. The van der Waals surface area contributed by atoms with E-state index in [1.54, 1.807) is 13.0 Å².